The van der Waals surface area contributed by atoms with Gasteiger partial charge in [-0.25, -0.2) is 0 Å². The van der Waals surface area contributed by atoms with Crippen molar-refractivity contribution in [2.75, 3.05) is 0 Å². The number of aryl methyl sites for hydroxylation is 4. The summed E-state index contributed by atoms with van der Waals surface area (Å²) in [6.45, 7) is 8.62. The van der Waals surface area contributed by atoms with E-state index in [2.05, 4.69) is 64.1 Å². The smallest absolute Gasteiger partial charge is 0.156 e. The van der Waals surface area contributed by atoms with Gasteiger partial charge in [0.15, 0.2) is 0 Å². The number of benzene rings is 2. The zero-order chi connectivity index (χ0) is 13.3. The SMILES string of the molecule is Cc1cccc(C)c1[Si](Cl)c1c(C)cccc1C. The van der Waals surface area contributed by atoms with Gasteiger partial charge >= 0.3 is 0 Å². The van der Waals surface area contributed by atoms with Crippen molar-refractivity contribution in [2.45, 2.75) is 27.7 Å². The van der Waals surface area contributed by atoms with Gasteiger partial charge in [0.25, 0.3) is 0 Å². The predicted molar refractivity (Wildman–Crippen MR) is 82.7 cm³/mol. The molecule has 93 valence electrons. The van der Waals surface area contributed by atoms with Crippen molar-refractivity contribution >= 4 is 29.6 Å². The Balaban J connectivity index is 2.58. The maximum Gasteiger partial charge on any atom is 0.235 e. The zero-order valence-electron chi connectivity index (χ0n) is 11.3. The fourth-order valence-electron chi connectivity index (χ4n) is 2.45. The largest absolute Gasteiger partial charge is 0.235 e. The zero-order valence-corrected chi connectivity index (χ0v) is 13.1. The molecule has 0 spiro atoms. The number of halogens is 1. The highest BCUT2D eigenvalue weighted by Gasteiger charge is 2.21. The molecule has 2 heteroatoms. The number of hydrogen-bond donors (Lipinski definition) is 0. The molecule has 0 amide bonds. The van der Waals surface area contributed by atoms with E-state index in [1.807, 2.05) is 0 Å². The van der Waals surface area contributed by atoms with E-state index >= 15 is 0 Å². The highest BCUT2D eigenvalue weighted by atomic mass is 35.6. The van der Waals surface area contributed by atoms with Gasteiger partial charge in [0.1, 0.15) is 0 Å². The molecular weight excluding hydrogens is 256 g/mol. The van der Waals surface area contributed by atoms with Crippen LogP contribution in [-0.2, 0) is 0 Å². The molecule has 0 N–H and O–H groups in total. The van der Waals surface area contributed by atoms with Gasteiger partial charge in [-0.3, -0.25) is 0 Å². The molecule has 2 aromatic carbocycles. The fraction of sp³-hybridized carbons (Fsp3) is 0.250. The first-order valence-corrected chi connectivity index (χ1v) is 8.69. The Morgan fingerprint density at radius 3 is 1.22 bits per heavy atom. The van der Waals surface area contributed by atoms with E-state index in [9.17, 15) is 0 Å². The average Bonchev–Trinajstić information content (AvgIpc) is 2.28. The molecule has 0 atom stereocenters. The van der Waals surface area contributed by atoms with Gasteiger partial charge in [0.05, 0.1) is 0 Å². The van der Waals surface area contributed by atoms with Crippen molar-refractivity contribution < 1.29 is 0 Å². The van der Waals surface area contributed by atoms with Crippen molar-refractivity contribution in [1.82, 2.24) is 0 Å². The molecule has 0 bridgehead atoms. The highest BCUT2D eigenvalue weighted by molar-refractivity contribution is 7.21. The van der Waals surface area contributed by atoms with Gasteiger partial charge in [-0.1, -0.05) is 58.7 Å². The topological polar surface area (TPSA) is 0 Å². The Morgan fingerprint density at radius 2 is 0.944 bits per heavy atom. The van der Waals surface area contributed by atoms with Crippen LogP contribution in [0.3, 0.4) is 0 Å². The van der Waals surface area contributed by atoms with Gasteiger partial charge in [0.2, 0.25) is 8.11 Å². The van der Waals surface area contributed by atoms with Gasteiger partial charge in [-0.2, -0.15) is 11.1 Å². The van der Waals surface area contributed by atoms with Gasteiger partial charge < -0.3 is 0 Å². The van der Waals surface area contributed by atoms with E-state index in [0.717, 1.165) is 0 Å². The minimum atomic E-state index is -1.19. The van der Waals surface area contributed by atoms with Crippen LogP contribution in [0.2, 0.25) is 0 Å². The van der Waals surface area contributed by atoms with Crippen LogP contribution in [-0.4, -0.2) is 8.11 Å². The van der Waals surface area contributed by atoms with Crippen molar-refractivity contribution in [1.29, 1.82) is 0 Å². The van der Waals surface area contributed by atoms with E-state index < -0.39 is 8.11 Å². The van der Waals surface area contributed by atoms with Crippen LogP contribution in [0.5, 0.6) is 0 Å². The van der Waals surface area contributed by atoms with Crippen molar-refractivity contribution in [3.63, 3.8) is 0 Å². The minimum absolute atomic E-state index is 1.19. The van der Waals surface area contributed by atoms with Crippen LogP contribution in [0.15, 0.2) is 36.4 Å². The molecule has 0 aliphatic rings. The first-order chi connectivity index (χ1) is 8.52. The van der Waals surface area contributed by atoms with Crippen LogP contribution in [0.25, 0.3) is 0 Å². The van der Waals surface area contributed by atoms with E-state index in [1.165, 1.54) is 32.6 Å². The summed E-state index contributed by atoms with van der Waals surface area (Å²) >= 11 is 6.85. The minimum Gasteiger partial charge on any atom is -0.156 e. The van der Waals surface area contributed by atoms with Crippen LogP contribution in [0, 0.1) is 27.7 Å². The Labute approximate surface area is 116 Å². The molecule has 18 heavy (non-hydrogen) atoms. The number of hydrogen-bond acceptors (Lipinski definition) is 0. The van der Waals surface area contributed by atoms with Crippen molar-refractivity contribution in [3.8, 4) is 0 Å². The second kappa shape index (κ2) is 5.29. The third-order valence-electron chi connectivity index (χ3n) is 3.40. The molecule has 0 heterocycles. The Hall–Kier alpha value is -1.05. The summed E-state index contributed by atoms with van der Waals surface area (Å²) in [7, 11) is -1.19. The summed E-state index contributed by atoms with van der Waals surface area (Å²) in [5, 5.41) is 2.70. The van der Waals surface area contributed by atoms with Gasteiger partial charge in [0, 0.05) is 0 Å². The Kier molecular flexibility index (Phi) is 3.93. The van der Waals surface area contributed by atoms with Crippen molar-refractivity contribution in [3.05, 3.63) is 58.7 Å². The van der Waals surface area contributed by atoms with Crippen LogP contribution in [0.4, 0.5) is 0 Å². The lowest BCUT2D eigenvalue weighted by Crippen LogP contribution is -2.43. The van der Waals surface area contributed by atoms with E-state index in [4.69, 9.17) is 11.1 Å². The molecule has 0 unspecified atom stereocenters. The summed E-state index contributed by atoms with van der Waals surface area (Å²) in [5.74, 6) is 0. The first kappa shape index (κ1) is 13.4. The molecule has 0 saturated heterocycles. The summed E-state index contributed by atoms with van der Waals surface area (Å²) < 4.78 is 0. The number of rotatable bonds is 2. The summed E-state index contributed by atoms with van der Waals surface area (Å²) in [4.78, 5) is 0. The van der Waals surface area contributed by atoms with E-state index in [0.29, 0.717) is 0 Å². The van der Waals surface area contributed by atoms with Crippen molar-refractivity contribution in [2.24, 2.45) is 0 Å². The van der Waals surface area contributed by atoms with Crippen LogP contribution in [0.1, 0.15) is 22.3 Å². The normalized spacial score (nSPS) is 11.0. The van der Waals surface area contributed by atoms with Crippen LogP contribution < -0.4 is 10.4 Å². The van der Waals surface area contributed by atoms with Gasteiger partial charge in [-0.15, -0.1) is 0 Å². The predicted octanol–water partition coefficient (Wildman–Crippen LogP) is 3.26. The molecule has 2 rings (SSSR count). The second-order valence-electron chi connectivity index (χ2n) is 4.85. The third kappa shape index (κ3) is 2.38. The second-order valence-corrected chi connectivity index (χ2v) is 7.61. The molecule has 0 aliphatic heterocycles. The average molecular weight is 274 g/mol. The Bertz CT molecular complexity index is 483. The maximum absolute atomic E-state index is 6.85. The monoisotopic (exact) mass is 273 g/mol. The first-order valence-electron chi connectivity index (χ1n) is 6.18. The molecule has 0 aliphatic carbocycles. The molecule has 0 fully saturated rings. The summed E-state index contributed by atoms with van der Waals surface area (Å²) in [6, 6.07) is 12.8. The van der Waals surface area contributed by atoms with Crippen LogP contribution >= 0.6 is 11.1 Å². The molecule has 0 saturated carbocycles. The van der Waals surface area contributed by atoms with E-state index in [1.54, 1.807) is 0 Å². The quantitative estimate of drug-likeness (QED) is 0.582. The van der Waals surface area contributed by atoms with Gasteiger partial charge in [-0.05, 0) is 38.1 Å². The standard InChI is InChI=1S/C16H18ClSi/c1-11-7-5-8-12(2)15(11)18(17)16-13(3)9-6-10-14(16)4/h5-10H,1-4H3. The molecule has 2 aromatic rings. The lowest BCUT2D eigenvalue weighted by Gasteiger charge is -2.18. The molecule has 0 aromatic heterocycles. The Morgan fingerprint density at radius 1 is 0.667 bits per heavy atom. The molecular formula is C16H18ClSi. The summed E-state index contributed by atoms with van der Waals surface area (Å²) in [5.41, 5.74) is 5.23. The molecule has 0 nitrogen and oxygen atoms in total. The maximum atomic E-state index is 6.85. The molecule has 1 radical (unpaired) electrons. The summed E-state index contributed by atoms with van der Waals surface area (Å²) in [6.07, 6.45) is 0. The lowest BCUT2D eigenvalue weighted by atomic mass is 10.1. The fourth-order valence-corrected chi connectivity index (χ4v) is 6.20. The lowest BCUT2D eigenvalue weighted by molar-refractivity contribution is 1.41. The third-order valence-corrected chi connectivity index (χ3v) is 6.99. The van der Waals surface area contributed by atoms with E-state index in [-0.39, 0.29) is 0 Å². The highest BCUT2D eigenvalue weighted by Crippen LogP contribution is 2.09.